The maximum Gasteiger partial charge on any atom is 0.237 e. The fraction of sp³-hybridized carbons (Fsp3) is 0.600. The molecule has 0 radical (unpaired) electrons. The zero-order valence-corrected chi connectivity index (χ0v) is 16.7. The summed E-state index contributed by atoms with van der Waals surface area (Å²) < 4.78 is 5.26. The van der Waals surface area contributed by atoms with Gasteiger partial charge in [0, 0.05) is 30.1 Å². The number of fused-ring (bicyclic) bond motifs is 1. The molecule has 2 amide bonds. The number of methoxy groups -OCH3 is 1. The standard InChI is InChI=1S/C20H28ClN3O3/c1-12-9-16(18(27-2)11-14(12)21)24-19(25)7-8-22-20(26)17-10-13-5-3-4-6-15(13)23-17/h9,11,13,15,17,23H,3-8,10H2,1-2H3,(H,22,26)(H,24,25). The second-order valence-corrected chi connectivity index (χ2v) is 7.90. The van der Waals surface area contributed by atoms with E-state index in [1.807, 2.05) is 6.92 Å². The first-order chi connectivity index (χ1) is 13.0. The molecule has 2 fully saturated rings. The molecule has 3 unspecified atom stereocenters. The predicted molar refractivity (Wildman–Crippen MR) is 106 cm³/mol. The first-order valence-corrected chi connectivity index (χ1v) is 10.0. The molecule has 3 rings (SSSR count). The van der Waals surface area contributed by atoms with Gasteiger partial charge in [-0.2, -0.15) is 0 Å². The average molecular weight is 394 g/mol. The van der Waals surface area contributed by atoms with Gasteiger partial charge in [-0.1, -0.05) is 24.4 Å². The van der Waals surface area contributed by atoms with Gasteiger partial charge in [-0.3, -0.25) is 9.59 Å². The fourth-order valence-corrected chi connectivity index (χ4v) is 4.24. The Morgan fingerprint density at radius 3 is 2.81 bits per heavy atom. The summed E-state index contributed by atoms with van der Waals surface area (Å²) >= 11 is 6.08. The number of hydrogen-bond donors (Lipinski definition) is 3. The molecule has 1 aromatic rings. The van der Waals surface area contributed by atoms with Crippen molar-refractivity contribution in [3.05, 3.63) is 22.7 Å². The van der Waals surface area contributed by atoms with Crippen LogP contribution in [-0.4, -0.2) is 37.6 Å². The van der Waals surface area contributed by atoms with Crippen LogP contribution in [0.4, 0.5) is 5.69 Å². The van der Waals surface area contributed by atoms with Gasteiger partial charge in [0.2, 0.25) is 11.8 Å². The van der Waals surface area contributed by atoms with E-state index in [0.717, 1.165) is 12.0 Å². The van der Waals surface area contributed by atoms with Crippen LogP contribution in [0.3, 0.4) is 0 Å². The van der Waals surface area contributed by atoms with E-state index in [1.165, 1.54) is 32.8 Å². The Balaban J connectivity index is 1.45. The number of nitrogens with one attached hydrogen (secondary N) is 3. The summed E-state index contributed by atoms with van der Waals surface area (Å²) in [5, 5.41) is 9.75. The molecule has 1 aliphatic heterocycles. The lowest BCUT2D eigenvalue weighted by atomic mass is 9.85. The van der Waals surface area contributed by atoms with Crippen molar-refractivity contribution in [2.45, 2.75) is 57.5 Å². The van der Waals surface area contributed by atoms with Crippen molar-refractivity contribution in [3.8, 4) is 5.75 Å². The number of rotatable bonds is 6. The van der Waals surface area contributed by atoms with Gasteiger partial charge >= 0.3 is 0 Å². The average Bonchev–Trinajstić information content (AvgIpc) is 3.08. The quantitative estimate of drug-likeness (QED) is 0.694. The van der Waals surface area contributed by atoms with E-state index in [1.54, 1.807) is 12.1 Å². The fourth-order valence-electron chi connectivity index (χ4n) is 4.09. The van der Waals surface area contributed by atoms with Gasteiger partial charge in [0.25, 0.3) is 0 Å². The van der Waals surface area contributed by atoms with E-state index in [-0.39, 0.29) is 24.3 Å². The van der Waals surface area contributed by atoms with Crippen molar-refractivity contribution in [3.63, 3.8) is 0 Å². The SMILES string of the molecule is COc1cc(Cl)c(C)cc1NC(=O)CCNC(=O)C1CC2CCCCC2N1. The van der Waals surface area contributed by atoms with Crippen LogP contribution in [0, 0.1) is 12.8 Å². The molecular weight excluding hydrogens is 366 g/mol. The smallest absolute Gasteiger partial charge is 0.237 e. The number of carbonyl (C=O) groups is 2. The molecule has 0 bridgehead atoms. The van der Waals surface area contributed by atoms with E-state index in [0.29, 0.717) is 35.0 Å². The molecule has 3 atom stereocenters. The van der Waals surface area contributed by atoms with Crippen LogP contribution in [0.25, 0.3) is 0 Å². The molecule has 1 aliphatic carbocycles. The van der Waals surface area contributed by atoms with Gasteiger partial charge in [-0.05, 0) is 43.7 Å². The van der Waals surface area contributed by atoms with E-state index >= 15 is 0 Å². The van der Waals surface area contributed by atoms with Crippen molar-refractivity contribution < 1.29 is 14.3 Å². The molecular formula is C20H28ClN3O3. The molecule has 2 aliphatic rings. The van der Waals surface area contributed by atoms with Gasteiger partial charge in [0.1, 0.15) is 5.75 Å². The summed E-state index contributed by atoms with van der Waals surface area (Å²) in [5.41, 5.74) is 1.44. The summed E-state index contributed by atoms with van der Waals surface area (Å²) in [5.74, 6) is 0.958. The summed E-state index contributed by atoms with van der Waals surface area (Å²) in [7, 11) is 1.53. The predicted octanol–water partition coefficient (Wildman–Crippen LogP) is 3.02. The third-order valence-electron chi connectivity index (χ3n) is 5.59. The minimum atomic E-state index is -0.177. The summed E-state index contributed by atoms with van der Waals surface area (Å²) in [6, 6.07) is 3.82. The molecule has 1 heterocycles. The van der Waals surface area contributed by atoms with Crippen LogP contribution in [0.1, 0.15) is 44.1 Å². The van der Waals surface area contributed by atoms with Crippen LogP contribution < -0.4 is 20.7 Å². The Kier molecular flexibility index (Phi) is 6.60. The maximum absolute atomic E-state index is 12.4. The molecule has 1 saturated carbocycles. The number of hydrogen-bond acceptors (Lipinski definition) is 4. The highest BCUT2D eigenvalue weighted by atomic mass is 35.5. The number of amides is 2. The Bertz CT molecular complexity index is 696. The first kappa shape index (κ1) is 20.0. The van der Waals surface area contributed by atoms with Crippen molar-refractivity contribution in [2.75, 3.05) is 19.0 Å². The monoisotopic (exact) mass is 393 g/mol. The molecule has 27 heavy (non-hydrogen) atoms. The molecule has 1 aromatic carbocycles. The minimum absolute atomic E-state index is 0.00267. The molecule has 1 saturated heterocycles. The van der Waals surface area contributed by atoms with Crippen LogP contribution in [0.5, 0.6) is 5.75 Å². The highest BCUT2D eigenvalue weighted by Gasteiger charge is 2.37. The van der Waals surface area contributed by atoms with Crippen LogP contribution in [0.2, 0.25) is 5.02 Å². The molecule has 3 N–H and O–H groups in total. The van der Waals surface area contributed by atoms with Gasteiger partial charge in [-0.15, -0.1) is 0 Å². The number of aryl methyl sites for hydroxylation is 1. The second-order valence-electron chi connectivity index (χ2n) is 7.50. The van der Waals surface area contributed by atoms with Crippen LogP contribution in [0.15, 0.2) is 12.1 Å². The van der Waals surface area contributed by atoms with Crippen molar-refractivity contribution in [1.82, 2.24) is 10.6 Å². The summed E-state index contributed by atoms with van der Waals surface area (Å²) in [4.78, 5) is 24.6. The minimum Gasteiger partial charge on any atom is -0.495 e. The Morgan fingerprint density at radius 2 is 2.07 bits per heavy atom. The zero-order valence-electron chi connectivity index (χ0n) is 15.9. The molecule has 0 aromatic heterocycles. The Morgan fingerprint density at radius 1 is 1.30 bits per heavy atom. The largest absolute Gasteiger partial charge is 0.495 e. The zero-order chi connectivity index (χ0) is 19.4. The lowest BCUT2D eigenvalue weighted by molar-refractivity contribution is -0.123. The van der Waals surface area contributed by atoms with E-state index < -0.39 is 0 Å². The van der Waals surface area contributed by atoms with Crippen molar-refractivity contribution in [2.24, 2.45) is 5.92 Å². The Hall–Kier alpha value is -1.79. The number of halogens is 1. The molecule has 7 heteroatoms. The number of carbonyl (C=O) groups excluding carboxylic acids is 2. The molecule has 0 spiro atoms. The normalized spacial score (nSPS) is 24.2. The summed E-state index contributed by atoms with van der Waals surface area (Å²) in [6.45, 7) is 2.18. The third-order valence-corrected chi connectivity index (χ3v) is 5.99. The third kappa shape index (κ3) is 4.93. The maximum atomic E-state index is 12.4. The topological polar surface area (TPSA) is 79.5 Å². The van der Waals surface area contributed by atoms with Crippen LogP contribution in [-0.2, 0) is 9.59 Å². The van der Waals surface area contributed by atoms with Crippen LogP contribution >= 0.6 is 11.6 Å². The van der Waals surface area contributed by atoms with E-state index in [4.69, 9.17) is 16.3 Å². The van der Waals surface area contributed by atoms with Gasteiger partial charge < -0.3 is 20.7 Å². The lowest BCUT2D eigenvalue weighted by Crippen LogP contribution is -2.43. The second kappa shape index (κ2) is 8.93. The molecule has 148 valence electrons. The van der Waals surface area contributed by atoms with Crippen molar-refractivity contribution in [1.29, 1.82) is 0 Å². The van der Waals surface area contributed by atoms with Crippen molar-refractivity contribution >= 4 is 29.1 Å². The van der Waals surface area contributed by atoms with E-state index in [2.05, 4.69) is 16.0 Å². The Labute approximate surface area is 165 Å². The van der Waals surface area contributed by atoms with Gasteiger partial charge in [0.15, 0.2) is 0 Å². The summed E-state index contributed by atoms with van der Waals surface area (Å²) in [6.07, 6.45) is 6.01. The number of benzene rings is 1. The van der Waals surface area contributed by atoms with Gasteiger partial charge in [-0.25, -0.2) is 0 Å². The number of anilines is 1. The van der Waals surface area contributed by atoms with E-state index in [9.17, 15) is 9.59 Å². The van der Waals surface area contributed by atoms with Gasteiger partial charge in [0.05, 0.1) is 18.8 Å². The molecule has 6 nitrogen and oxygen atoms in total. The first-order valence-electron chi connectivity index (χ1n) is 9.65. The highest BCUT2D eigenvalue weighted by Crippen LogP contribution is 2.33. The highest BCUT2D eigenvalue weighted by molar-refractivity contribution is 6.31. The lowest BCUT2D eigenvalue weighted by Gasteiger charge is -2.24. The number of ether oxygens (including phenoxy) is 1.